The first-order chi connectivity index (χ1) is 10.2. The van der Waals surface area contributed by atoms with E-state index in [9.17, 15) is 4.79 Å². The summed E-state index contributed by atoms with van der Waals surface area (Å²) in [6, 6.07) is 17.1. The van der Waals surface area contributed by atoms with Gasteiger partial charge in [-0.15, -0.1) is 0 Å². The van der Waals surface area contributed by atoms with Crippen molar-refractivity contribution in [1.82, 2.24) is 0 Å². The van der Waals surface area contributed by atoms with Gasteiger partial charge in [-0.25, -0.2) is 4.79 Å². The normalized spacial score (nSPS) is 10.1. The third kappa shape index (κ3) is 4.06. The van der Waals surface area contributed by atoms with E-state index in [1.807, 2.05) is 54.6 Å². The lowest BCUT2D eigenvalue weighted by Gasteiger charge is -2.10. The molecule has 0 amide bonds. The van der Waals surface area contributed by atoms with Gasteiger partial charge in [0.25, 0.3) is 0 Å². The van der Waals surface area contributed by atoms with Gasteiger partial charge in [-0.3, -0.25) is 0 Å². The van der Waals surface area contributed by atoms with Crippen molar-refractivity contribution < 1.29 is 9.53 Å². The number of carbonyl (C=O) groups is 1. The van der Waals surface area contributed by atoms with Crippen LogP contribution >= 0.6 is 0 Å². The van der Waals surface area contributed by atoms with Crippen LogP contribution in [0.4, 0.5) is 0 Å². The Morgan fingerprint density at radius 2 is 1.71 bits per heavy atom. The summed E-state index contributed by atoms with van der Waals surface area (Å²) in [7, 11) is 0. The second-order valence-corrected chi connectivity index (χ2v) is 4.94. The number of benzene rings is 2. The van der Waals surface area contributed by atoms with Crippen molar-refractivity contribution in [2.75, 3.05) is 0 Å². The molecule has 2 heteroatoms. The second kappa shape index (κ2) is 7.44. The molecule has 0 spiro atoms. The van der Waals surface area contributed by atoms with Gasteiger partial charge >= 0.3 is 5.97 Å². The predicted molar refractivity (Wildman–Crippen MR) is 85.9 cm³/mol. The van der Waals surface area contributed by atoms with E-state index < -0.39 is 0 Å². The Bertz CT molecular complexity index is 614. The first kappa shape index (κ1) is 15.0. The fraction of sp³-hybridized carbons (Fsp3) is 0.211. The number of unbranched alkanes of at least 4 members (excludes halogenated alkanes) is 1. The molecule has 0 atom stereocenters. The maximum atomic E-state index is 12.3. The Kier molecular flexibility index (Phi) is 5.33. The van der Waals surface area contributed by atoms with Crippen LogP contribution in [0.1, 0.15) is 41.3 Å². The Morgan fingerprint density at radius 1 is 1.05 bits per heavy atom. The molecule has 2 rings (SSSR count). The summed E-state index contributed by atoms with van der Waals surface area (Å²) in [6.07, 6.45) is 3.05. The summed E-state index contributed by atoms with van der Waals surface area (Å²) in [5.74, 6) is 0.0430. The maximum absolute atomic E-state index is 12.3. The average molecular weight is 280 g/mol. The zero-order valence-electron chi connectivity index (χ0n) is 12.3. The first-order valence-electron chi connectivity index (χ1n) is 7.26. The maximum Gasteiger partial charge on any atom is 0.343 e. The molecular weight excluding hydrogens is 260 g/mol. The van der Waals surface area contributed by atoms with Crippen LogP contribution in [-0.4, -0.2) is 5.97 Å². The number of hydrogen-bond acceptors (Lipinski definition) is 2. The lowest BCUT2D eigenvalue weighted by atomic mass is 10.0. The molecule has 0 saturated heterocycles. The van der Waals surface area contributed by atoms with Crippen molar-refractivity contribution in [1.29, 1.82) is 0 Å². The summed E-state index contributed by atoms with van der Waals surface area (Å²) in [6.45, 7) is 5.98. The van der Waals surface area contributed by atoms with Crippen molar-refractivity contribution >= 4 is 11.7 Å². The van der Waals surface area contributed by atoms with Crippen molar-refractivity contribution in [3.05, 3.63) is 77.9 Å². The lowest BCUT2D eigenvalue weighted by Crippen LogP contribution is -2.07. The highest BCUT2D eigenvalue weighted by Gasteiger charge is 2.14. The van der Waals surface area contributed by atoms with Gasteiger partial charge in [-0.1, -0.05) is 68.5 Å². The Balaban J connectivity index is 2.12. The SMILES string of the molecule is C=C(OC(=O)c1ccccc1CCCC)c1ccccc1. The molecule has 2 aromatic rings. The molecular formula is C19H20O2. The highest BCUT2D eigenvalue weighted by atomic mass is 16.5. The van der Waals surface area contributed by atoms with Crippen molar-refractivity contribution in [3.63, 3.8) is 0 Å². The molecule has 0 bridgehead atoms. The number of hydrogen-bond donors (Lipinski definition) is 0. The summed E-state index contributed by atoms with van der Waals surface area (Å²) in [4.78, 5) is 12.3. The van der Waals surface area contributed by atoms with Gasteiger partial charge < -0.3 is 4.74 Å². The molecule has 2 nitrogen and oxygen atoms in total. The molecule has 0 aliphatic carbocycles. The fourth-order valence-corrected chi connectivity index (χ4v) is 2.15. The molecule has 0 radical (unpaired) electrons. The van der Waals surface area contributed by atoms with Crippen molar-refractivity contribution in [2.45, 2.75) is 26.2 Å². The van der Waals surface area contributed by atoms with Crippen LogP contribution in [0.15, 0.2) is 61.2 Å². The lowest BCUT2D eigenvalue weighted by molar-refractivity contribution is 0.0691. The molecule has 0 fully saturated rings. The van der Waals surface area contributed by atoms with Crippen LogP contribution in [0, 0.1) is 0 Å². The Morgan fingerprint density at radius 3 is 2.43 bits per heavy atom. The van der Waals surface area contributed by atoms with Gasteiger partial charge in [0.15, 0.2) is 0 Å². The first-order valence-corrected chi connectivity index (χ1v) is 7.26. The topological polar surface area (TPSA) is 26.3 Å². The molecule has 0 unspecified atom stereocenters. The average Bonchev–Trinajstić information content (AvgIpc) is 2.54. The van der Waals surface area contributed by atoms with Gasteiger partial charge in [0, 0.05) is 5.56 Å². The molecule has 0 aliphatic heterocycles. The standard InChI is InChI=1S/C19H20O2/c1-3-4-10-17-13-8-9-14-18(17)19(20)21-15(2)16-11-6-5-7-12-16/h5-9,11-14H,2-4,10H2,1H3. The number of esters is 1. The van der Waals surface area contributed by atoms with Crippen LogP contribution in [0.5, 0.6) is 0 Å². The molecule has 0 N–H and O–H groups in total. The van der Waals surface area contributed by atoms with E-state index in [4.69, 9.17) is 4.74 Å². The molecule has 0 aliphatic rings. The number of rotatable bonds is 6. The van der Waals surface area contributed by atoms with Gasteiger partial charge in [-0.05, 0) is 24.5 Å². The van der Waals surface area contributed by atoms with Crippen molar-refractivity contribution in [2.24, 2.45) is 0 Å². The molecule has 21 heavy (non-hydrogen) atoms. The van der Waals surface area contributed by atoms with Crippen LogP contribution in [0.3, 0.4) is 0 Å². The smallest absolute Gasteiger partial charge is 0.343 e. The summed E-state index contributed by atoms with van der Waals surface area (Å²) >= 11 is 0. The third-order valence-corrected chi connectivity index (χ3v) is 3.35. The summed E-state index contributed by atoms with van der Waals surface area (Å²) in [5.41, 5.74) is 2.48. The molecule has 0 saturated carbocycles. The minimum atomic E-state index is -0.337. The van der Waals surface area contributed by atoms with E-state index in [0.717, 1.165) is 30.4 Å². The number of carbonyl (C=O) groups excluding carboxylic acids is 1. The van der Waals surface area contributed by atoms with E-state index in [1.165, 1.54) is 0 Å². The van der Waals surface area contributed by atoms with Gasteiger partial charge in [0.2, 0.25) is 0 Å². The van der Waals surface area contributed by atoms with E-state index in [1.54, 1.807) is 0 Å². The minimum Gasteiger partial charge on any atom is -0.423 e. The van der Waals surface area contributed by atoms with Gasteiger partial charge in [0.1, 0.15) is 5.76 Å². The van der Waals surface area contributed by atoms with Crippen LogP contribution in [0.2, 0.25) is 0 Å². The summed E-state index contributed by atoms with van der Waals surface area (Å²) in [5, 5.41) is 0. The van der Waals surface area contributed by atoms with E-state index in [-0.39, 0.29) is 5.97 Å². The Labute approximate surface area is 126 Å². The monoisotopic (exact) mass is 280 g/mol. The van der Waals surface area contributed by atoms with Gasteiger partial charge in [-0.2, -0.15) is 0 Å². The predicted octanol–water partition coefficient (Wildman–Crippen LogP) is 4.86. The quantitative estimate of drug-likeness (QED) is 0.558. The highest BCUT2D eigenvalue weighted by molar-refractivity contribution is 5.94. The largest absolute Gasteiger partial charge is 0.423 e. The van der Waals surface area contributed by atoms with E-state index >= 15 is 0 Å². The molecule has 108 valence electrons. The zero-order chi connectivity index (χ0) is 15.1. The molecule has 0 heterocycles. The number of aryl methyl sites for hydroxylation is 1. The van der Waals surface area contributed by atoms with E-state index in [2.05, 4.69) is 13.5 Å². The Hall–Kier alpha value is -2.35. The molecule has 2 aromatic carbocycles. The third-order valence-electron chi connectivity index (χ3n) is 3.35. The number of ether oxygens (including phenoxy) is 1. The summed E-state index contributed by atoms with van der Waals surface area (Å²) < 4.78 is 5.41. The fourth-order valence-electron chi connectivity index (χ4n) is 2.15. The highest BCUT2D eigenvalue weighted by Crippen LogP contribution is 2.18. The van der Waals surface area contributed by atoms with E-state index in [0.29, 0.717) is 11.3 Å². The van der Waals surface area contributed by atoms with Crippen LogP contribution in [0.25, 0.3) is 5.76 Å². The second-order valence-electron chi connectivity index (χ2n) is 4.94. The minimum absolute atomic E-state index is 0.337. The van der Waals surface area contributed by atoms with Gasteiger partial charge in [0.05, 0.1) is 5.56 Å². The molecule has 0 aromatic heterocycles. The van der Waals surface area contributed by atoms with Crippen molar-refractivity contribution in [3.8, 4) is 0 Å². The van der Waals surface area contributed by atoms with Crippen LogP contribution < -0.4 is 0 Å². The van der Waals surface area contributed by atoms with Crippen LogP contribution in [-0.2, 0) is 11.2 Å². The zero-order valence-corrected chi connectivity index (χ0v) is 12.3.